The molecule has 0 aromatic heterocycles. The van der Waals surface area contributed by atoms with E-state index in [1.54, 1.807) is 6.08 Å². The molecular formula is C35H52O4. The fourth-order valence-electron chi connectivity index (χ4n) is 4.37. The molecule has 0 unspecified atom stereocenters. The van der Waals surface area contributed by atoms with Crippen molar-refractivity contribution < 1.29 is 19.0 Å². The van der Waals surface area contributed by atoms with Crippen LogP contribution in [-0.2, 0) is 6.42 Å². The predicted octanol–water partition coefficient (Wildman–Crippen LogP) is 10.0. The van der Waals surface area contributed by atoms with E-state index in [2.05, 4.69) is 39.8 Å². The molecule has 0 amide bonds. The van der Waals surface area contributed by atoms with E-state index in [-0.39, 0.29) is 5.78 Å². The van der Waals surface area contributed by atoms with E-state index in [0.717, 1.165) is 49.8 Å². The Balaban J connectivity index is 2.16. The minimum atomic E-state index is -0.0712. The Hall–Kier alpha value is -2.75. The summed E-state index contributed by atoms with van der Waals surface area (Å²) in [6, 6.07) is 11.8. The summed E-state index contributed by atoms with van der Waals surface area (Å²) < 4.78 is 18.2. The van der Waals surface area contributed by atoms with E-state index in [1.807, 2.05) is 30.3 Å². The van der Waals surface area contributed by atoms with Crippen LogP contribution in [0.25, 0.3) is 6.08 Å². The van der Waals surface area contributed by atoms with Crippen molar-refractivity contribution in [2.24, 2.45) is 0 Å². The quantitative estimate of drug-likeness (QED) is 0.0853. The average molecular weight is 537 g/mol. The maximum absolute atomic E-state index is 13.3. The highest BCUT2D eigenvalue weighted by Gasteiger charge is 2.10. The number of aryl methyl sites for hydroxylation is 1. The Morgan fingerprint density at radius 2 is 1.18 bits per heavy atom. The lowest BCUT2D eigenvalue weighted by atomic mass is 10.0. The molecule has 0 atom stereocenters. The van der Waals surface area contributed by atoms with Crippen LogP contribution < -0.4 is 14.2 Å². The second-order valence-electron chi connectivity index (χ2n) is 10.3. The van der Waals surface area contributed by atoms with Crippen LogP contribution in [0.5, 0.6) is 17.2 Å². The summed E-state index contributed by atoms with van der Waals surface area (Å²) in [5.41, 5.74) is 2.74. The molecule has 0 fully saturated rings. The van der Waals surface area contributed by atoms with Gasteiger partial charge in [0, 0.05) is 17.2 Å². The van der Waals surface area contributed by atoms with Crippen LogP contribution in [0.15, 0.2) is 42.5 Å². The third kappa shape index (κ3) is 13.2. The molecule has 2 rings (SSSR count). The summed E-state index contributed by atoms with van der Waals surface area (Å²) in [5, 5.41) is 0. The number of hydrogen-bond donors (Lipinski definition) is 0. The number of rotatable bonds is 22. The highest BCUT2D eigenvalue weighted by atomic mass is 16.5. The monoisotopic (exact) mass is 536 g/mol. The van der Waals surface area contributed by atoms with E-state index in [9.17, 15) is 4.79 Å². The number of ether oxygens (including phenoxy) is 3. The zero-order chi connectivity index (χ0) is 28.1. The van der Waals surface area contributed by atoms with Crippen molar-refractivity contribution in [3.8, 4) is 17.2 Å². The molecule has 2 aromatic carbocycles. The molecule has 0 saturated heterocycles. The number of allylic oxidation sites excluding steroid dienone is 1. The van der Waals surface area contributed by atoms with Crippen molar-refractivity contribution in [2.45, 2.75) is 111 Å². The van der Waals surface area contributed by atoms with Crippen LogP contribution >= 0.6 is 0 Å². The van der Waals surface area contributed by atoms with Crippen LogP contribution in [0.4, 0.5) is 0 Å². The topological polar surface area (TPSA) is 44.8 Å². The first kappa shape index (κ1) is 32.5. The average Bonchev–Trinajstić information content (AvgIpc) is 2.95. The molecule has 0 heterocycles. The number of benzene rings is 2. The van der Waals surface area contributed by atoms with Crippen LogP contribution in [-0.4, -0.2) is 25.6 Å². The van der Waals surface area contributed by atoms with E-state index in [0.29, 0.717) is 36.9 Å². The SMILES string of the molecule is CCCCCCOc1cc(OCCCCCC)cc(C(=O)C=Cc2cc(CC)ccc2OCCCCCC)c1. The van der Waals surface area contributed by atoms with Crippen molar-refractivity contribution in [3.05, 3.63) is 59.2 Å². The van der Waals surface area contributed by atoms with Crippen LogP contribution in [0, 0.1) is 0 Å². The molecule has 0 aliphatic carbocycles. The second kappa shape index (κ2) is 20.2. The first-order chi connectivity index (χ1) is 19.1. The molecule has 2 aromatic rings. The zero-order valence-corrected chi connectivity index (χ0v) is 25.1. The number of hydrogen-bond acceptors (Lipinski definition) is 4. The van der Waals surface area contributed by atoms with Gasteiger partial charge >= 0.3 is 0 Å². The van der Waals surface area contributed by atoms with E-state index >= 15 is 0 Å². The Kier molecular flexibility index (Phi) is 16.8. The Labute approximate surface area is 238 Å². The van der Waals surface area contributed by atoms with E-state index in [1.165, 1.54) is 50.5 Å². The van der Waals surface area contributed by atoms with Gasteiger partial charge in [0.2, 0.25) is 0 Å². The van der Waals surface area contributed by atoms with Crippen molar-refractivity contribution in [2.75, 3.05) is 19.8 Å². The third-order valence-electron chi connectivity index (χ3n) is 6.85. The molecule has 4 heteroatoms. The summed E-state index contributed by atoms with van der Waals surface area (Å²) in [7, 11) is 0. The van der Waals surface area contributed by atoms with Crippen molar-refractivity contribution in [3.63, 3.8) is 0 Å². The summed E-state index contributed by atoms with van der Waals surface area (Å²) in [6.45, 7) is 10.7. The third-order valence-corrected chi connectivity index (χ3v) is 6.85. The van der Waals surface area contributed by atoms with Crippen LogP contribution in [0.2, 0.25) is 0 Å². The lowest BCUT2D eigenvalue weighted by Crippen LogP contribution is -2.03. The zero-order valence-electron chi connectivity index (χ0n) is 25.1. The van der Waals surface area contributed by atoms with Gasteiger partial charge in [-0.15, -0.1) is 0 Å². The highest BCUT2D eigenvalue weighted by Crippen LogP contribution is 2.26. The summed E-state index contributed by atoms with van der Waals surface area (Å²) in [4.78, 5) is 13.3. The van der Waals surface area contributed by atoms with Crippen molar-refractivity contribution in [1.29, 1.82) is 0 Å². The van der Waals surface area contributed by atoms with Gasteiger partial charge in [-0.05, 0) is 67.7 Å². The van der Waals surface area contributed by atoms with Gasteiger partial charge in [-0.2, -0.15) is 0 Å². The maximum atomic E-state index is 13.3. The number of unbranched alkanes of at least 4 members (excludes halogenated alkanes) is 9. The van der Waals surface area contributed by atoms with Gasteiger partial charge in [-0.1, -0.05) is 91.5 Å². The molecule has 0 spiro atoms. The molecule has 0 saturated carbocycles. The highest BCUT2D eigenvalue weighted by molar-refractivity contribution is 6.07. The van der Waals surface area contributed by atoms with Gasteiger partial charge in [0.25, 0.3) is 0 Å². The molecule has 0 aliphatic heterocycles. The molecule has 0 N–H and O–H groups in total. The first-order valence-corrected chi connectivity index (χ1v) is 15.5. The van der Waals surface area contributed by atoms with Gasteiger partial charge in [-0.25, -0.2) is 0 Å². The minimum Gasteiger partial charge on any atom is -0.493 e. The summed E-state index contributed by atoms with van der Waals surface area (Å²) in [6.07, 6.45) is 18.2. The maximum Gasteiger partial charge on any atom is 0.186 e. The first-order valence-electron chi connectivity index (χ1n) is 15.5. The lowest BCUT2D eigenvalue weighted by Gasteiger charge is -2.12. The normalized spacial score (nSPS) is 11.2. The fourth-order valence-corrected chi connectivity index (χ4v) is 4.37. The molecule has 39 heavy (non-hydrogen) atoms. The van der Waals surface area contributed by atoms with Crippen LogP contribution in [0.1, 0.15) is 126 Å². The summed E-state index contributed by atoms with van der Waals surface area (Å²) in [5.74, 6) is 2.14. The Morgan fingerprint density at radius 3 is 1.69 bits per heavy atom. The predicted molar refractivity (Wildman–Crippen MR) is 165 cm³/mol. The molecule has 0 aliphatic rings. The molecule has 0 radical (unpaired) electrons. The number of carbonyl (C=O) groups is 1. The smallest absolute Gasteiger partial charge is 0.186 e. The Morgan fingerprint density at radius 1 is 0.641 bits per heavy atom. The minimum absolute atomic E-state index is 0.0712. The van der Waals surface area contributed by atoms with Crippen molar-refractivity contribution >= 4 is 11.9 Å². The van der Waals surface area contributed by atoms with Gasteiger partial charge in [0.05, 0.1) is 19.8 Å². The van der Waals surface area contributed by atoms with Gasteiger partial charge in [-0.3, -0.25) is 4.79 Å². The fraction of sp³-hybridized carbons (Fsp3) is 0.571. The van der Waals surface area contributed by atoms with Gasteiger partial charge in [0.1, 0.15) is 17.2 Å². The summed E-state index contributed by atoms with van der Waals surface area (Å²) >= 11 is 0. The Bertz CT molecular complexity index is 946. The van der Waals surface area contributed by atoms with Gasteiger partial charge in [0.15, 0.2) is 5.78 Å². The largest absolute Gasteiger partial charge is 0.493 e. The molecule has 0 bridgehead atoms. The van der Waals surface area contributed by atoms with Crippen molar-refractivity contribution in [1.82, 2.24) is 0 Å². The molecule has 4 nitrogen and oxygen atoms in total. The number of carbonyl (C=O) groups excluding carboxylic acids is 1. The van der Waals surface area contributed by atoms with E-state index in [4.69, 9.17) is 14.2 Å². The molecular weight excluding hydrogens is 484 g/mol. The lowest BCUT2D eigenvalue weighted by molar-refractivity contribution is 0.104. The van der Waals surface area contributed by atoms with Gasteiger partial charge < -0.3 is 14.2 Å². The molecule has 216 valence electrons. The van der Waals surface area contributed by atoms with E-state index < -0.39 is 0 Å². The van der Waals surface area contributed by atoms with Crippen LogP contribution in [0.3, 0.4) is 0 Å². The number of ketones is 1. The second-order valence-corrected chi connectivity index (χ2v) is 10.3. The standard InChI is InChI=1S/C35H52O4/c1-5-9-12-15-22-37-32-26-31(27-33(28-32)38-23-16-13-10-6-2)34(36)20-19-30-25-29(8-4)18-21-35(30)39-24-17-14-11-7-3/h18-21,25-28H,5-17,22-24H2,1-4H3.